The highest BCUT2D eigenvalue weighted by Gasteiger charge is 2.21. The third-order valence-corrected chi connectivity index (χ3v) is 3.58. The number of nitrogens with zero attached hydrogens (tertiary/aromatic N) is 2. The molecule has 0 amide bonds. The lowest BCUT2D eigenvalue weighted by Crippen LogP contribution is -2.49. The molecule has 2 nitrogen and oxygen atoms in total. The van der Waals surface area contributed by atoms with Gasteiger partial charge in [0.1, 0.15) is 0 Å². The zero-order valence-corrected chi connectivity index (χ0v) is 13.6. The Bertz CT molecular complexity index is 140. The van der Waals surface area contributed by atoms with Crippen LogP contribution in [0.5, 0.6) is 0 Å². The second-order valence-electron chi connectivity index (χ2n) is 4.47. The summed E-state index contributed by atoms with van der Waals surface area (Å²) >= 11 is 0. The molecule has 0 aromatic carbocycles. The number of hydrogen-bond donors (Lipinski definition) is 0. The van der Waals surface area contributed by atoms with Crippen LogP contribution >= 0.6 is 0 Å². The van der Waals surface area contributed by atoms with Crippen molar-refractivity contribution in [3.05, 3.63) is 0 Å². The first kappa shape index (κ1) is 19.3. The maximum Gasteiger partial charge on any atom is 0.0113 e. The van der Waals surface area contributed by atoms with Gasteiger partial charge >= 0.3 is 0 Å². The van der Waals surface area contributed by atoms with Crippen molar-refractivity contribution in [2.45, 2.75) is 60.9 Å². The van der Waals surface area contributed by atoms with Crippen LogP contribution in [0.1, 0.15) is 54.9 Å². The van der Waals surface area contributed by atoms with Crippen molar-refractivity contribution in [1.29, 1.82) is 0 Å². The van der Waals surface area contributed by atoms with E-state index in [4.69, 9.17) is 0 Å². The van der Waals surface area contributed by atoms with Crippen LogP contribution in [0.2, 0.25) is 0 Å². The van der Waals surface area contributed by atoms with E-state index in [2.05, 4.69) is 37.6 Å². The molecule has 106 valence electrons. The molecule has 1 aliphatic rings. The molecule has 0 N–H and O–H groups in total. The Morgan fingerprint density at radius 3 is 1.65 bits per heavy atom. The summed E-state index contributed by atoms with van der Waals surface area (Å²) in [5, 5.41) is 0. The minimum Gasteiger partial charge on any atom is -0.304 e. The molecule has 2 heteroatoms. The summed E-state index contributed by atoms with van der Waals surface area (Å²) in [6, 6.07) is 0.763. The standard InChI is InChI=1S/C11H24N2.2C2H6/c1-5-10(2)11(3)13-8-6-12(4)7-9-13;2*1-2/h10-11H,5-9H2,1-4H3;2*1-2H3. The van der Waals surface area contributed by atoms with E-state index in [1.54, 1.807) is 0 Å². The van der Waals surface area contributed by atoms with Gasteiger partial charge in [-0.2, -0.15) is 0 Å². The van der Waals surface area contributed by atoms with Crippen LogP contribution in [0.25, 0.3) is 0 Å². The summed E-state index contributed by atoms with van der Waals surface area (Å²) in [4.78, 5) is 5.05. The van der Waals surface area contributed by atoms with Gasteiger partial charge in [0.15, 0.2) is 0 Å². The van der Waals surface area contributed by atoms with Gasteiger partial charge in [-0.05, 0) is 19.9 Å². The first-order valence-corrected chi connectivity index (χ1v) is 7.57. The van der Waals surface area contributed by atoms with Crippen LogP contribution in [0.15, 0.2) is 0 Å². The monoisotopic (exact) mass is 244 g/mol. The second-order valence-corrected chi connectivity index (χ2v) is 4.47. The number of hydrogen-bond acceptors (Lipinski definition) is 2. The highest BCUT2D eigenvalue weighted by molar-refractivity contribution is 4.77. The van der Waals surface area contributed by atoms with E-state index in [1.165, 1.54) is 32.6 Å². The van der Waals surface area contributed by atoms with Gasteiger partial charge in [0.05, 0.1) is 0 Å². The molecule has 0 aliphatic carbocycles. The fraction of sp³-hybridized carbons (Fsp3) is 1.00. The van der Waals surface area contributed by atoms with Gasteiger partial charge in [-0.25, -0.2) is 0 Å². The van der Waals surface area contributed by atoms with Crippen LogP contribution in [-0.2, 0) is 0 Å². The fourth-order valence-electron chi connectivity index (χ4n) is 1.93. The van der Waals surface area contributed by atoms with Crippen LogP contribution in [-0.4, -0.2) is 49.1 Å². The summed E-state index contributed by atoms with van der Waals surface area (Å²) in [7, 11) is 2.21. The second kappa shape index (κ2) is 12.4. The van der Waals surface area contributed by atoms with Gasteiger partial charge < -0.3 is 4.90 Å². The Kier molecular flexibility index (Phi) is 14.0. The van der Waals surface area contributed by atoms with Gasteiger partial charge in [0.2, 0.25) is 0 Å². The molecule has 17 heavy (non-hydrogen) atoms. The van der Waals surface area contributed by atoms with Crippen LogP contribution in [0.4, 0.5) is 0 Å². The molecule has 0 saturated carbocycles. The van der Waals surface area contributed by atoms with E-state index >= 15 is 0 Å². The largest absolute Gasteiger partial charge is 0.304 e. The molecule has 0 spiro atoms. The Balaban J connectivity index is 0. The molecule has 1 rings (SSSR count). The average molecular weight is 244 g/mol. The lowest BCUT2D eigenvalue weighted by atomic mass is 9.99. The van der Waals surface area contributed by atoms with E-state index in [1.807, 2.05) is 27.7 Å². The topological polar surface area (TPSA) is 6.48 Å². The van der Waals surface area contributed by atoms with Crippen molar-refractivity contribution in [3.63, 3.8) is 0 Å². The van der Waals surface area contributed by atoms with E-state index in [0.29, 0.717) is 0 Å². The van der Waals surface area contributed by atoms with E-state index in [9.17, 15) is 0 Å². The third-order valence-electron chi connectivity index (χ3n) is 3.58. The predicted octanol–water partition coefficient (Wildman–Crippen LogP) is 3.72. The van der Waals surface area contributed by atoms with Crippen molar-refractivity contribution >= 4 is 0 Å². The Morgan fingerprint density at radius 1 is 0.882 bits per heavy atom. The average Bonchev–Trinajstić information content (AvgIpc) is 2.42. The lowest BCUT2D eigenvalue weighted by Gasteiger charge is -2.38. The zero-order chi connectivity index (χ0) is 13.8. The lowest BCUT2D eigenvalue weighted by molar-refractivity contribution is 0.0923. The fourth-order valence-corrected chi connectivity index (χ4v) is 1.93. The van der Waals surface area contributed by atoms with Gasteiger partial charge in [-0.15, -0.1) is 0 Å². The SMILES string of the molecule is CC.CC.CCC(C)C(C)N1CCN(C)CC1. The van der Waals surface area contributed by atoms with Crippen molar-refractivity contribution in [3.8, 4) is 0 Å². The van der Waals surface area contributed by atoms with Gasteiger partial charge in [-0.1, -0.05) is 48.0 Å². The summed E-state index contributed by atoms with van der Waals surface area (Å²) in [5.41, 5.74) is 0. The molecular weight excluding hydrogens is 208 g/mol. The summed E-state index contributed by atoms with van der Waals surface area (Å²) in [6.45, 7) is 20.0. The first-order chi connectivity index (χ1) is 8.15. The number of likely N-dealkylation sites (N-methyl/N-ethyl adjacent to an activating group) is 1. The minimum atomic E-state index is 0.763. The highest BCUT2D eigenvalue weighted by Crippen LogP contribution is 2.15. The van der Waals surface area contributed by atoms with Crippen molar-refractivity contribution in [2.24, 2.45) is 5.92 Å². The van der Waals surface area contributed by atoms with Crippen LogP contribution < -0.4 is 0 Å². The molecule has 0 bridgehead atoms. The molecule has 1 heterocycles. The molecular formula is C15H36N2. The molecule has 2 unspecified atom stereocenters. The van der Waals surface area contributed by atoms with Crippen LogP contribution in [0.3, 0.4) is 0 Å². The Morgan fingerprint density at radius 2 is 1.29 bits per heavy atom. The number of piperazine rings is 1. The molecule has 0 aromatic rings. The normalized spacial score (nSPS) is 20.5. The van der Waals surface area contributed by atoms with Crippen LogP contribution in [0, 0.1) is 5.92 Å². The predicted molar refractivity (Wildman–Crippen MR) is 80.7 cm³/mol. The van der Waals surface area contributed by atoms with E-state index in [-0.39, 0.29) is 0 Å². The first-order valence-electron chi connectivity index (χ1n) is 7.57. The summed E-state index contributed by atoms with van der Waals surface area (Å²) in [6.07, 6.45) is 1.30. The van der Waals surface area contributed by atoms with Gasteiger partial charge in [0, 0.05) is 32.2 Å². The van der Waals surface area contributed by atoms with Crippen molar-refractivity contribution < 1.29 is 0 Å². The summed E-state index contributed by atoms with van der Waals surface area (Å²) < 4.78 is 0. The maximum absolute atomic E-state index is 2.63. The Labute approximate surface area is 110 Å². The molecule has 1 fully saturated rings. The van der Waals surface area contributed by atoms with Crippen molar-refractivity contribution in [1.82, 2.24) is 9.80 Å². The molecule has 1 aliphatic heterocycles. The molecule has 2 atom stereocenters. The van der Waals surface area contributed by atoms with E-state index < -0.39 is 0 Å². The minimum absolute atomic E-state index is 0.763. The number of rotatable bonds is 3. The van der Waals surface area contributed by atoms with Gasteiger partial charge in [-0.3, -0.25) is 4.90 Å². The van der Waals surface area contributed by atoms with Gasteiger partial charge in [0.25, 0.3) is 0 Å². The molecule has 0 aromatic heterocycles. The van der Waals surface area contributed by atoms with E-state index in [0.717, 1.165) is 12.0 Å². The summed E-state index contributed by atoms with van der Waals surface area (Å²) in [5.74, 6) is 0.836. The Hall–Kier alpha value is -0.0800. The maximum atomic E-state index is 2.63. The quantitative estimate of drug-likeness (QED) is 0.746. The zero-order valence-electron chi connectivity index (χ0n) is 13.6. The smallest absolute Gasteiger partial charge is 0.0113 e. The van der Waals surface area contributed by atoms with Crippen molar-refractivity contribution in [2.75, 3.05) is 33.2 Å². The molecule has 0 radical (unpaired) electrons. The third kappa shape index (κ3) is 7.77. The molecule has 1 saturated heterocycles. The highest BCUT2D eigenvalue weighted by atomic mass is 15.3.